The van der Waals surface area contributed by atoms with E-state index in [9.17, 15) is 18.0 Å². The molecule has 4 rings (SSSR count). The molecule has 1 aliphatic heterocycles. The van der Waals surface area contributed by atoms with Crippen LogP contribution < -0.4 is 0 Å². The molecule has 1 saturated heterocycles. The molecule has 2 aromatic heterocycles. The Morgan fingerprint density at radius 1 is 1.07 bits per heavy atom. The summed E-state index contributed by atoms with van der Waals surface area (Å²) < 4.78 is 42.0. The van der Waals surface area contributed by atoms with Crippen molar-refractivity contribution in [2.24, 2.45) is 5.92 Å². The highest BCUT2D eigenvalue weighted by molar-refractivity contribution is 5.81. The van der Waals surface area contributed by atoms with Crippen LogP contribution in [0.5, 0.6) is 0 Å². The third-order valence-electron chi connectivity index (χ3n) is 5.66. The average Bonchev–Trinajstić information content (AvgIpc) is 3.36. The molecule has 152 valence electrons. The lowest BCUT2D eigenvalue weighted by atomic mass is 9.92. The van der Waals surface area contributed by atoms with E-state index in [4.69, 9.17) is 0 Å². The SMILES string of the molecule is CC(C)(C)c1cc2nc(C3CCN(C(=O)C4CC4)CC3)cc(C(F)(F)F)n2n1. The molecule has 1 amide bonds. The van der Waals surface area contributed by atoms with Gasteiger partial charge in [-0.25, -0.2) is 9.50 Å². The number of hydrogen-bond acceptors (Lipinski definition) is 3. The summed E-state index contributed by atoms with van der Waals surface area (Å²) in [7, 11) is 0. The Morgan fingerprint density at radius 3 is 2.25 bits per heavy atom. The molecule has 1 aliphatic carbocycles. The number of likely N-dealkylation sites (tertiary alicyclic amines) is 1. The molecular weight excluding hydrogens is 369 g/mol. The Balaban J connectivity index is 1.65. The van der Waals surface area contributed by atoms with E-state index in [1.165, 1.54) is 0 Å². The summed E-state index contributed by atoms with van der Waals surface area (Å²) in [4.78, 5) is 18.6. The van der Waals surface area contributed by atoms with Crippen molar-refractivity contribution in [3.8, 4) is 0 Å². The number of piperidine rings is 1. The van der Waals surface area contributed by atoms with Crippen LogP contribution in [0.4, 0.5) is 13.2 Å². The molecular formula is C20H25F3N4O. The van der Waals surface area contributed by atoms with Gasteiger partial charge in [-0.1, -0.05) is 20.8 Å². The van der Waals surface area contributed by atoms with E-state index in [2.05, 4.69) is 10.1 Å². The summed E-state index contributed by atoms with van der Waals surface area (Å²) in [5.41, 5.74) is 0.0857. The number of alkyl halides is 3. The second-order valence-corrected chi connectivity index (χ2v) is 8.99. The van der Waals surface area contributed by atoms with Gasteiger partial charge < -0.3 is 4.90 Å². The number of fused-ring (bicyclic) bond motifs is 1. The minimum atomic E-state index is -4.51. The van der Waals surface area contributed by atoms with Crippen molar-refractivity contribution in [2.45, 2.75) is 64.0 Å². The van der Waals surface area contributed by atoms with Crippen LogP contribution in [0.15, 0.2) is 12.1 Å². The van der Waals surface area contributed by atoms with Crippen LogP contribution in [0.3, 0.4) is 0 Å². The lowest BCUT2D eigenvalue weighted by molar-refractivity contribution is -0.142. The lowest BCUT2D eigenvalue weighted by Crippen LogP contribution is -2.39. The first-order valence-corrected chi connectivity index (χ1v) is 9.81. The first-order chi connectivity index (χ1) is 13.0. The monoisotopic (exact) mass is 394 g/mol. The van der Waals surface area contributed by atoms with Crippen LogP contribution in [0.2, 0.25) is 0 Å². The minimum absolute atomic E-state index is 0.0812. The molecule has 0 atom stereocenters. The average molecular weight is 394 g/mol. The summed E-state index contributed by atoms with van der Waals surface area (Å²) in [5.74, 6) is 0.288. The minimum Gasteiger partial charge on any atom is -0.342 e. The van der Waals surface area contributed by atoms with Gasteiger partial charge in [-0.2, -0.15) is 18.3 Å². The Morgan fingerprint density at radius 2 is 1.71 bits per heavy atom. The largest absolute Gasteiger partial charge is 0.433 e. The molecule has 5 nitrogen and oxygen atoms in total. The first-order valence-electron chi connectivity index (χ1n) is 9.81. The fraction of sp³-hybridized carbons (Fsp3) is 0.650. The van der Waals surface area contributed by atoms with E-state index < -0.39 is 11.9 Å². The van der Waals surface area contributed by atoms with Crippen molar-refractivity contribution < 1.29 is 18.0 Å². The molecule has 3 heterocycles. The van der Waals surface area contributed by atoms with Gasteiger partial charge in [-0.05, 0) is 31.7 Å². The second-order valence-electron chi connectivity index (χ2n) is 8.99. The van der Waals surface area contributed by atoms with Crippen molar-refractivity contribution in [2.75, 3.05) is 13.1 Å². The van der Waals surface area contributed by atoms with Gasteiger partial charge in [0, 0.05) is 42.1 Å². The molecule has 0 N–H and O–H groups in total. The molecule has 0 bridgehead atoms. The summed E-state index contributed by atoms with van der Waals surface area (Å²) in [6.45, 7) is 6.90. The molecule has 0 spiro atoms. The zero-order valence-electron chi connectivity index (χ0n) is 16.4. The Labute approximate surface area is 161 Å². The summed E-state index contributed by atoms with van der Waals surface area (Å²) in [5, 5.41) is 4.18. The zero-order valence-corrected chi connectivity index (χ0v) is 16.4. The third kappa shape index (κ3) is 3.61. The first kappa shape index (κ1) is 19.2. The lowest BCUT2D eigenvalue weighted by Gasteiger charge is -2.32. The van der Waals surface area contributed by atoms with Gasteiger partial charge in [0.2, 0.25) is 5.91 Å². The van der Waals surface area contributed by atoms with Crippen molar-refractivity contribution in [1.82, 2.24) is 19.5 Å². The number of amides is 1. The molecule has 0 unspecified atom stereocenters. The Kier molecular flexibility index (Phi) is 4.43. The quantitative estimate of drug-likeness (QED) is 0.769. The number of hydrogen-bond donors (Lipinski definition) is 0. The normalized spacial score (nSPS) is 19.4. The van der Waals surface area contributed by atoms with Crippen molar-refractivity contribution in [1.29, 1.82) is 0 Å². The predicted molar refractivity (Wildman–Crippen MR) is 98.0 cm³/mol. The third-order valence-corrected chi connectivity index (χ3v) is 5.66. The molecule has 0 radical (unpaired) electrons. The number of aromatic nitrogens is 3. The molecule has 1 saturated carbocycles. The Hall–Kier alpha value is -2.12. The highest BCUT2D eigenvalue weighted by Gasteiger charge is 2.38. The molecule has 8 heteroatoms. The maximum absolute atomic E-state index is 13.7. The second kappa shape index (κ2) is 6.46. The van der Waals surface area contributed by atoms with Gasteiger partial charge >= 0.3 is 6.18 Å². The fourth-order valence-corrected chi connectivity index (χ4v) is 3.76. The molecule has 2 aliphatic rings. The van der Waals surface area contributed by atoms with Crippen LogP contribution in [0.25, 0.3) is 5.65 Å². The van der Waals surface area contributed by atoms with Crippen LogP contribution in [-0.2, 0) is 16.4 Å². The number of carbonyl (C=O) groups excluding carboxylic acids is 1. The van der Waals surface area contributed by atoms with E-state index >= 15 is 0 Å². The van der Waals surface area contributed by atoms with Crippen LogP contribution in [0.1, 0.15) is 69.5 Å². The zero-order chi connectivity index (χ0) is 20.3. The van der Waals surface area contributed by atoms with E-state index in [1.54, 1.807) is 6.07 Å². The molecule has 0 aromatic carbocycles. The maximum Gasteiger partial charge on any atom is 0.433 e. The van der Waals surface area contributed by atoms with Crippen LogP contribution in [-0.4, -0.2) is 38.5 Å². The predicted octanol–water partition coefficient (Wildman–Crippen LogP) is 4.16. The highest BCUT2D eigenvalue weighted by Crippen LogP contribution is 2.36. The number of nitrogens with zero attached hydrogens (tertiary/aromatic N) is 4. The van der Waals surface area contributed by atoms with Gasteiger partial charge in [0.15, 0.2) is 5.65 Å². The molecule has 28 heavy (non-hydrogen) atoms. The van der Waals surface area contributed by atoms with Gasteiger partial charge in [0.25, 0.3) is 0 Å². The van der Waals surface area contributed by atoms with Gasteiger partial charge in [0.1, 0.15) is 5.69 Å². The van der Waals surface area contributed by atoms with E-state index in [0.717, 1.165) is 23.4 Å². The number of halogens is 3. The fourth-order valence-electron chi connectivity index (χ4n) is 3.76. The summed E-state index contributed by atoms with van der Waals surface area (Å²) >= 11 is 0. The van der Waals surface area contributed by atoms with Gasteiger partial charge in [-0.3, -0.25) is 4.79 Å². The van der Waals surface area contributed by atoms with Crippen LogP contribution >= 0.6 is 0 Å². The van der Waals surface area contributed by atoms with Crippen molar-refractivity contribution >= 4 is 11.6 Å². The van der Waals surface area contributed by atoms with E-state index in [-0.39, 0.29) is 28.8 Å². The van der Waals surface area contributed by atoms with Gasteiger partial charge in [0.05, 0.1) is 5.69 Å². The van der Waals surface area contributed by atoms with E-state index in [1.807, 2.05) is 25.7 Å². The standard InChI is InChI=1S/C20H25F3N4O/c1-19(2,3)15-11-17-24-14(10-16(20(21,22)23)27(17)25-15)12-6-8-26(9-7-12)18(28)13-4-5-13/h10-13H,4-9H2,1-3H3. The van der Waals surface area contributed by atoms with Gasteiger partial charge in [-0.15, -0.1) is 0 Å². The summed E-state index contributed by atoms with van der Waals surface area (Å²) in [6, 6.07) is 2.78. The maximum atomic E-state index is 13.7. The molecule has 2 aromatic rings. The van der Waals surface area contributed by atoms with Crippen molar-refractivity contribution in [3.05, 3.63) is 29.2 Å². The number of rotatable bonds is 2. The van der Waals surface area contributed by atoms with Crippen molar-refractivity contribution in [3.63, 3.8) is 0 Å². The number of carbonyl (C=O) groups is 1. The molecule has 2 fully saturated rings. The Bertz CT molecular complexity index is 901. The van der Waals surface area contributed by atoms with E-state index in [0.29, 0.717) is 37.3 Å². The topological polar surface area (TPSA) is 50.5 Å². The van der Waals surface area contributed by atoms with Crippen LogP contribution in [0, 0.1) is 5.92 Å². The smallest absolute Gasteiger partial charge is 0.342 e. The highest BCUT2D eigenvalue weighted by atomic mass is 19.4. The summed E-state index contributed by atoms with van der Waals surface area (Å²) in [6.07, 6.45) is -1.31.